The number of hydrogen-bond donors (Lipinski definition) is 3. The molecule has 0 unspecified atom stereocenters. The van der Waals surface area contributed by atoms with E-state index in [4.69, 9.17) is 8.83 Å². The number of amides is 2. The van der Waals surface area contributed by atoms with Crippen LogP contribution in [0.3, 0.4) is 0 Å². The van der Waals surface area contributed by atoms with Gasteiger partial charge in [0.2, 0.25) is 0 Å². The minimum absolute atomic E-state index is 0.208. The van der Waals surface area contributed by atoms with E-state index in [1.54, 1.807) is 48.5 Å². The zero-order chi connectivity index (χ0) is 22.9. The molecule has 8 nitrogen and oxygen atoms in total. The van der Waals surface area contributed by atoms with E-state index in [1.807, 2.05) is 18.2 Å². The number of furan rings is 2. The van der Waals surface area contributed by atoms with E-state index >= 15 is 0 Å². The van der Waals surface area contributed by atoms with E-state index < -0.39 is 0 Å². The largest absolute Gasteiger partial charge is 0.444 e. The second kappa shape index (κ2) is 8.72. The molecule has 0 atom stereocenters. The van der Waals surface area contributed by atoms with Gasteiger partial charge in [0.25, 0.3) is 11.8 Å². The second-order valence-electron chi connectivity index (χ2n) is 7.01. The number of benzene rings is 2. The minimum Gasteiger partial charge on any atom is -0.444 e. The van der Waals surface area contributed by atoms with Gasteiger partial charge in [-0.25, -0.2) is 4.98 Å². The van der Waals surface area contributed by atoms with Crippen LogP contribution in [0.5, 0.6) is 0 Å². The molecular weight excluding hydrogens is 556 g/mol. The fraction of sp³-hybridized carbons (Fsp3) is 0. The summed E-state index contributed by atoms with van der Waals surface area (Å²) in [4.78, 5) is 32.4. The highest BCUT2D eigenvalue weighted by molar-refractivity contribution is 9.10. The molecule has 2 aromatic carbocycles. The molecule has 0 bridgehead atoms. The highest BCUT2D eigenvalue weighted by Gasteiger charge is 2.13. The number of aromatic amines is 1. The molecule has 164 valence electrons. The summed E-state index contributed by atoms with van der Waals surface area (Å²) >= 11 is 6.36. The van der Waals surface area contributed by atoms with Crippen molar-refractivity contribution in [3.63, 3.8) is 0 Å². The van der Waals surface area contributed by atoms with Gasteiger partial charge < -0.3 is 24.5 Å². The zero-order valence-corrected chi connectivity index (χ0v) is 19.9. The average molecular weight is 570 g/mol. The topological polar surface area (TPSA) is 113 Å². The smallest absolute Gasteiger partial charge is 0.291 e. The Morgan fingerprint density at radius 2 is 1.33 bits per heavy atom. The predicted molar refractivity (Wildman–Crippen MR) is 130 cm³/mol. The van der Waals surface area contributed by atoms with Crippen LogP contribution in [-0.4, -0.2) is 21.8 Å². The number of imidazole rings is 1. The number of aromatic nitrogens is 2. The fourth-order valence-electron chi connectivity index (χ4n) is 3.19. The number of carbonyl (C=O) groups excluding carboxylic acids is 2. The fourth-order valence-corrected chi connectivity index (χ4v) is 3.81. The predicted octanol–water partition coefficient (Wildman–Crippen LogP) is 6.45. The number of nitrogens with one attached hydrogen (secondary N) is 3. The first-order chi connectivity index (χ1) is 15.9. The Bertz CT molecular complexity index is 1480. The third-order valence-corrected chi connectivity index (χ3v) is 5.60. The molecule has 3 heterocycles. The molecule has 0 aliphatic carbocycles. The van der Waals surface area contributed by atoms with Gasteiger partial charge in [-0.3, -0.25) is 9.59 Å². The van der Waals surface area contributed by atoms with Crippen molar-refractivity contribution in [3.05, 3.63) is 87.6 Å². The Hall–Kier alpha value is -3.63. The van der Waals surface area contributed by atoms with Gasteiger partial charge in [0.1, 0.15) is 5.82 Å². The number of rotatable bonds is 5. The lowest BCUT2D eigenvalue weighted by molar-refractivity contribution is 0.0988. The summed E-state index contributed by atoms with van der Waals surface area (Å²) in [6, 6.07) is 19.2. The summed E-state index contributed by atoms with van der Waals surface area (Å²) in [5.74, 6) is 0.397. The van der Waals surface area contributed by atoms with Crippen molar-refractivity contribution in [1.29, 1.82) is 0 Å². The normalized spacial score (nSPS) is 11.0. The molecule has 10 heteroatoms. The molecule has 33 heavy (non-hydrogen) atoms. The lowest BCUT2D eigenvalue weighted by Crippen LogP contribution is -2.10. The second-order valence-corrected chi connectivity index (χ2v) is 8.57. The van der Waals surface area contributed by atoms with Crippen molar-refractivity contribution in [2.24, 2.45) is 0 Å². The van der Waals surface area contributed by atoms with Crippen LogP contribution < -0.4 is 10.6 Å². The van der Waals surface area contributed by atoms with Gasteiger partial charge in [0.05, 0.1) is 11.0 Å². The molecule has 2 amide bonds. The molecule has 0 aliphatic rings. The highest BCUT2D eigenvalue weighted by Crippen LogP contribution is 2.25. The summed E-state index contributed by atoms with van der Waals surface area (Å²) in [5.41, 5.74) is 3.60. The minimum atomic E-state index is -0.348. The SMILES string of the molecule is O=C(Nc1ccc(-c2nc3ccc(NC(=O)c4ccc(Br)o4)cc3[nH]2)cc1)c1ccc(Br)o1. The zero-order valence-electron chi connectivity index (χ0n) is 16.7. The van der Waals surface area contributed by atoms with Crippen LogP contribution in [0.15, 0.2) is 84.9 Å². The monoisotopic (exact) mass is 568 g/mol. The molecule has 0 radical (unpaired) electrons. The standard InChI is InChI=1S/C23H14Br2N4O4/c24-19-9-7-17(32-19)22(30)26-13-3-1-12(2-4-13)21-28-15-6-5-14(11-16(15)29-21)27-23(31)18-8-10-20(25)33-18/h1-11H,(H,26,30)(H,27,31)(H,28,29). The molecule has 3 aromatic heterocycles. The Balaban J connectivity index is 1.31. The van der Waals surface area contributed by atoms with E-state index in [2.05, 4.69) is 52.5 Å². The number of carbonyl (C=O) groups is 2. The number of nitrogens with zero attached hydrogens (tertiary/aromatic N) is 1. The van der Waals surface area contributed by atoms with Gasteiger partial charge in [-0.15, -0.1) is 0 Å². The Morgan fingerprint density at radius 1 is 0.758 bits per heavy atom. The quantitative estimate of drug-likeness (QED) is 0.225. The summed E-state index contributed by atoms with van der Waals surface area (Å²) in [7, 11) is 0. The maximum atomic E-state index is 12.3. The Kier molecular flexibility index (Phi) is 5.61. The Labute approximate surface area is 203 Å². The maximum Gasteiger partial charge on any atom is 0.291 e. The summed E-state index contributed by atoms with van der Waals surface area (Å²) < 4.78 is 11.5. The highest BCUT2D eigenvalue weighted by atomic mass is 79.9. The first kappa shape index (κ1) is 21.2. The van der Waals surface area contributed by atoms with Crippen LogP contribution in [0, 0.1) is 0 Å². The van der Waals surface area contributed by atoms with Gasteiger partial charge in [-0.2, -0.15) is 0 Å². The number of halogens is 2. The van der Waals surface area contributed by atoms with Gasteiger partial charge in [-0.05, 0) is 98.6 Å². The van der Waals surface area contributed by atoms with Crippen molar-refractivity contribution in [3.8, 4) is 11.4 Å². The summed E-state index contributed by atoms with van der Waals surface area (Å²) in [5, 5.41) is 5.58. The third kappa shape index (κ3) is 4.62. The van der Waals surface area contributed by atoms with Crippen molar-refractivity contribution < 1.29 is 18.4 Å². The molecule has 5 aromatic rings. The third-order valence-electron chi connectivity index (χ3n) is 4.75. The van der Waals surface area contributed by atoms with Gasteiger partial charge in [0.15, 0.2) is 20.9 Å². The van der Waals surface area contributed by atoms with Crippen molar-refractivity contribution in [2.75, 3.05) is 10.6 Å². The summed E-state index contributed by atoms with van der Waals surface area (Å²) in [6.07, 6.45) is 0. The molecule has 0 saturated carbocycles. The van der Waals surface area contributed by atoms with Crippen LogP contribution >= 0.6 is 31.9 Å². The average Bonchev–Trinajstić information content (AvgIpc) is 3.53. The molecular formula is C23H14Br2N4O4. The summed E-state index contributed by atoms with van der Waals surface area (Å²) in [6.45, 7) is 0. The van der Waals surface area contributed by atoms with Gasteiger partial charge in [0, 0.05) is 16.9 Å². The lowest BCUT2D eigenvalue weighted by atomic mass is 10.2. The van der Waals surface area contributed by atoms with Crippen LogP contribution in [0.1, 0.15) is 21.1 Å². The van der Waals surface area contributed by atoms with Crippen molar-refractivity contribution in [1.82, 2.24) is 9.97 Å². The van der Waals surface area contributed by atoms with Crippen LogP contribution in [0.2, 0.25) is 0 Å². The number of H-pyrrole nitrogens is 1. The van der Waals surface area contributed by atoms with Gasteiger partial charge >= 0.3 is 0 Å². The van der Waals surface area contributed by atoms with E-state index in [0.717, 1.165) is 16.6 Å². The maximum absolute atomic E-state index is 12.3. The van der Waals surface area contributed by atoms with E-state index in [1.165, 1.54) is 0 Å². The van der Waals surface area contributed by atoms with Gasteiger partial charge in [-0.1, -0.05) is 0 Å². The Morgan fingerprint density at radius 3 is 1.91 bits per heavy atom. The molecule has 0 saturated heterocycles. The molecule has 5 rings (SSSR count). The first-order valence-electron chi connectivity index (χ1n) is 9.68. The van der Waals surface area contributed by atoms with Crippen molar-refractivity contribution in [2.45, 2.75) is 0 Å². The van der Waals surface area contributed by atoms with Crippen LogP contribution in [0.25, 0.3) is 22.4 Å². The molecule has 3 N–H and O–H groups in total. The number of fused-ring (bicyclic) bond motifs is 1. The first-order valence-corrected chi connectivity index (χ1v) is 11.3. The number of anilines is 2. The van der Waals surface area contributed by atoms with Crippen molar-refractivity contribution >= 4 is 66.1 Å². The van der Waals surface area contributed by atoms with Crippen LogP contribution in [-0.2, 0) is 0 Å². The van der Waals surface area contributed by atoms with E-state index in [0.29, 0.717) is 26.5 Å². The molecule has 0 spiro atoms. The lowest BCUT2D eigenvalue weighted by Gasteiger charge is -2.04. The van der Waals surface area contributed by atoms with E-state index in [9.17, 15) is 9.59 Å². The van der Waals surface area contributed by atoms with E-state index in [-0.39, 0.29) is 23.3 Å². The van der Waals surface area contributed by atoms with Crippen LogP contribution in [0.4, 0.5) is 11.4 Å². The molecule has 0 aliphatic heterocycles. The number of hydrogen-bond acceptors (Lipinski definition) is 5. The molecule has 0 fully saturated rings.